The van der Waals surface area contributed by atoms with E-state index < -0.39 is 18.4 Å². The van der Waals surface area contributed by atoms with Crippen LogP contribution in [0.3, 0.4) is 0 Å². The van der Waals surface area contributed by atoms with Crippen LogP contribution in [0.15, 0.2) is 0 Å². The van der Waals surface area contributed by atoms with E-state index in [9.17, 15) is 4.79 Å². The van der Waals surface area contributed by atoms with E-state index in [4.69, 9.17) is 5.11 Å². The minimum absolute atomic E-state index is 0.465. The Kier molecular flexibility index (Phi) is 3.99. The molecule has 0 radical (unpaired) electrons. The van der Waals surface area contributed by atoms with E-state index >= 15 is 0 Å². The highest BCUT2D eigenvalue weighted by Gasteiger charge is 2.15. The van der Waals surface area contributed by atoms with Gasteiger partial charge in [-0.05, 0) is 6.92 Å². The zero-order valence-electron chi connectivity index (χ0n) is 6.33. The van der Waals surface area contributed by atoms with Gasteiger partial charge in [-0.3, -0.25) is 4.79 Å². The second-order valence-electron chi connectivity index (χ2n) is 1.95. The molecule has 60 valence electrons. The molecule has 4 heteroatoms. The third-order valence-corrected chi connectivity index (χ3v) is 0.908. The zero-order chi connectivity index (χ0) is 8.15. The molecule has 4 nitrogen and oxygen atoms in total. The normalized spacial score (nSPS) is 16.0. The van der Waals surface area contributed by atoms with Crippen molar-refractivity contribution in [2.75, 3.05) is 7.11 Å². The summed E-state index contributed by atoms with van der Waals surface area (Å²) < 4.78 is 9.18. The Bertz CT molecular complexity index is 110. The molecule has 0 aromatic rings. The third kappa shape index (κ3) is 3.42. The molecule has 2 unspecified atom stereocenters. The predicted molar refractivity (Wildman–Crippen MR) is 34.2 cm³/mol. The maximum atomic E-state index is 10.3. The Labute approximate surface area is 59.7 Å². The number of aliphatic hydroxyl groups excluding tert-OH is 1. The molecule has 0 bridgehead atoms. The van der Waals surface area contributed by atoms with Crippen LogP contribution in [-0.4, -0.2) is 30.6 Å². The molecule has 0 aromatic heterocycles. The quantitative estimate of drug-likeness (QED) is 0.448. The first kappa shape index (κ1) is 9.39. The van der Waals surface area contributed by atoms with E-state index in [0.29, 0.717) is 0 Å². The first-order valence-corrected chi connectivity index (χ1v) is 2.96. The molecule has 0 aliphatic rings. The summed E-state index contributed by atoms with van der Waals surface area (Å²) in [5.41, 5.74) is 0. The van der Waals surface area contributed by atoms with Crippen LogP contribution in [0.2, 0.25) is 0 Å². The first-order valence-electron chi connectivity index (χ1n) is 2.96. The monoisotopic (exact) mass is 148 g/mol. The van der Waals surface area contributed by atoms with Crippen LogP contribution >= 0.6 is 0 Å². The number of hydrogen-bond donors (Lipinski definition) is 1. The molecule has 0 rings (SSSR count). The van der Waals surface area contributed by atoms with Gasteiger partial charge in [0.1, 0.15) is 6.10 Å². The average molecular weight is 148 g/mol. The SMILES string of the molecule is COC(OC(C)=O)C(C)O. The third-order valence-electron chi connectivity index (χ3n) is 0.908. The van der Waals surface area contributed by atoms with Crippen LogP contribution in [0.1, 0.15) is 13.8 Å². The molecule has 0 saturated heterocycles. The fourth-order valence-corrected chi connectivity index (χ4v) is 0.507. The van der Waals surface area contributed by atoms with E-state index in [1.165, 1.54) is 21.0 Å². The van der Waals surface area contributed by atoms with Crippen LogP contribution in [0, 0.1) is 0 Å². The molecule has 2 atom stereocenters. The van der Waals surface area contributed by atoms with Crippen molar-refractivity contribution < 1.29 is 19.4 Å². The Morgan fingerprint density at radius 2 is 2.10 bits per heavy atom. The topological polar surface area (TPSA) is 55.8 Å². The van der Waals surface area contributed by atoms with Crippen molar-refractivity contribution >= 4 is 5.97 Å². The van der Waals surface area contributed by atoms with E-state index in [2.05, 4.69) is 9.47 Å². The molecule has 0 spiro atoms. The fraction of sp³-hybridized carbons (Fsp3) is 0.833. The summed E-state index contributed by atoms with van der Waals surface area (Å²) in [6.45, 7) is 2.74. The van der Waals surface area contributed by atoms with E-state index in [0.717, 1.165) is 0 Å². The van der Waals surface area contributed by atoms with Crippen molar-refractivity contribution in [2.45, 2.75) is 26.2 Å². The number of aliphatic hydroxyl groups is 1. The minimum Gasteiger partial charge on any atom is -0.433 e. The maximum Gasteiger partial charge on any atom is 0.305 e. The summed E-state index contributed by atoms with van der Waals surface area (Å²) in [5, 5.41) is 8.86. The van der Waals surface area contributed by atoms with Gasteiger partial charge >= 0.3 is 5.97 Å². The fourth-order valence-electron chi connectivity index (χ4n) is 0.507. The van der Waals surface area contributed by atoms with Crippen molar-refractivity contribution in [3.8, 4) is 0 Å². The molecule has 0 aromatic carbocycles. The Hall–Kier alpha value is -0.610. The standard InChI is InChI=1S/C6H12O4/c1-4(7)6(9-3)10-5(2)8/h4,6-7H,1-3H3. The van der Waals surface area contributed by atoms with Gasteiger partial charge in [-0.15, -0.1) is 0 Å². The number of hydrogen-bond acceptors (Lipinski definition) is 4. The van der Waals surface area contributed by atoms with E-state index in [1.807, 2.05) is 0 Å². The van der Waals surface area contributed by atoms with Crippen molar-refractivity contribution in [2.24, 2.45) is 0 Å². The molecule has 1 N–H and O–H groups in total. The van der Waals surface area contributed by atoms with Crippen molar-refractivity contribution in [3.63, 3.8) is 0 Å². The van der Waals surface area contributed by atoms with Gasteiger partial charge in [-0.2, -0.15) is 0 Å². The molecule has 0 saturated carbocycles. The molecule has 0 heterocycles. The van der Waals surface area contributed by atoms with Crippen LogP contribution < -0.4 is 0 Å². The summed E-state index contributed by atoms with van der Waals surface area (Å²) in [5.74, 6) is -0.465. The second kappa shape index (κ2) is 4.24. The van der Waals surface area contributed by atoms with Crippen LogP contribution in [0.5, 0.6) is 0 Å². The highest BCUT2D eigenvalue weighted by Crippen LogP contribution is 1.99. The lowest BCUT2D eigenvalue weighted by molar-refractivity contribution is -0.190. The van der Waals surface area contributed by atoms with Crippen molar-refractivity contribution in [3.05, 3.63) is 0 Å². The Morgan fingerprint density at radius 1 is 1.60 bits per heavy atom. The Balaban J connectivity index is 3.71. The average Bonchev–Trinajstić information content (AvgIpc) is 1.81. The maximum absolute atomic E-state index is 10.3. The Morgan fingerprint density at radius 3 is 2.20 bits per heavy atom. The van der Waals surface area contributed by atoms with Gasteiger partial charge in [0, 0.05) is 14.0 Å². The molecule has 0 fully saturated rings. The van der Waals surface area contributed by atoms with Crippen molar-refractivity contribution in [1.82, 2.24) is 0 Å². The molecular weight excluding hydrogens is 136 g/mol. The van der Waals surface area contributed by atoms with Gasteiger partial charge in [0.05, 0.1) is 0 Å². The smallest absolute Gasteiger partial charge is 0.305 e. The lowest BCUT2D eigenvalue weighted by Gasteiger charge is -2.16. The van der Waals surface area contributed by atoms with Gasteiger partial charge in [0.25, 0.3) is 0 Å². The zero-order valence-corrected chi connectivity index (χ0v) is 6.33. The van der Waals surface area contributed by atoms with Crippen LogP contribution in [0.4, 0.5) is 0 Å². The number of carbonyl (C=O) groups is 1. The lowest BCUT2D eigenvalue weighted by Crippen LogP contribution is -2.29. The largest absolute Gasteiger partial charge is 0.433 e. The molecule has 10 heavy (non-hydrogen) atoms. The molecular formula is C6H12O4. The molecule has 0 amide bonds. The van der Waals surface area contributed by atoms with Gasteiger partial charge in [0.15, 0.2) is 0 Å². The summed E-state index contributed by atoms with van der Waals surface area (Å²) >= 11 is 0. The van der Waals surface area contributed by atoms with Gasteiger partial charge in [0.2, 0.25) is 6.29 Å². The highest BCUT2D eigenvalue weighted by atomic mass is 16.7. The van der Waals surface area contributed by atoms with E-state index in [1.54, 1.807) is 0 Å². The van der Waals surface area contributed by atoms with Gasteiger partial charge in [-0.1, -0.05) is 0 Å². The van der Waals surface area contributed by atoms with Crippen molar-refractivity contribution in [1.29, 1.82) is 0 Å². The molecule has 0 aliphatic carbocycles. The van der Waals surface area contributed by atoms with Gasteiger partial charge in [-0.25, -0.2) is 0 Å². The first-order chi connectivity index (χ1) is 4.57. The minimum atomic E-state index is -0.850. The number of carbonyl (C=O) groups excluding carboxylic acids is 1. The van der Waals surface area contributed by atoms with Gasteiger partial charge < -0.3 is 14.6 Å². The number of methoxy groups -OCH3 is 1. The summed E-state index contributed by atoms with van der Waals surface area (Å²) in [6, 6.07) is 0. The number of ether oxygens (including phenoxy) is 2. The summed E-state index contributed by atoms with van der Waals surface area (Å²) in [4.78, 5) is 10.3. The van der Waals surface area contributed by atoms with Crippen LogP contribution in [-0.2, 0) is 14.3 Å². The second-order valence-corrected chi connectivity index (χ2v) is 1.95. The summed E-state index contributed by atoms with van der Waals surface area (Å²) in [7, 11) is 1.36. The summed E-state index contributed by atoms with van der Waals surface area (Å²) in [6.07, 6.45) is -1.65. The molecule has 0 aliphatic heterocycles. The van der Waals surface area contributed by atoms with E-state index in [-0.39, 0.29) is 0 Å². The van der Waals surface area contributed by atoms with Crippen LogP contribution in [0.25, 0.3) is 0 Å². The predicted octanol–water partition coefficient (Wildman–Crippen LogP) is -0.0972. The lowest BCUT2D eigenvalue weighted by atomic mass is 10.4. The number of rotatable bonds is 3. The highest BCUT2D eigenvalue weighted by molar-refractivity contribution is 5.66. The number of esters is 1.